The Labute approximate surface area is 546 Å². The number of carbonyl (C=O) groups excluding carboxylic acids is 11. The van der Waals surface area contributed by atoms with E-state index in [1.165, 1.54) is 41.7 Å². The fourth-order valence-corrected chi connectivity index (χ4v) is 11.5. The average molecular weight is 1310 g/mol. The molecular weight excluding hydrogens is 1230 g/mol. The van der Waals surface area contributed by atoms with Crippen LogP contribution in [0.5, 0.6) is 5.75 Å². The summed E-state index contributed by atoms with van der Waals surface area (Å²) in [5.74, 6) is -9.77. The van der Waals surface area contributed by atoms with Gasteiger partial charge >= 0.3 is 0 Å². The molecular formula is C64H82N18O13. The molecule has 0 spiro atoms. The third-order valence-electron chi connectivity index (χ3n) is 16.3. The predicted molar refractivity (Wildman–Crippen MR) is 346 cm³/mol. The van der Waals surface area contributed by atoms with Gasteiger partial charge in [-0.3, -0.25) is 57.7 Å². The zero-order chi connectivity index (χ0) is 69.2. The summed E-state index contributed by atoms with van der Waals surface area (Å²) >= 11 is 0. The maximum atomic E-state index is 15.2. The number of benzene rings is 3. The number of phenols is 1. The number of aliphatic hydroxyl groups is 1. The van der Waals surface area contributed by atoms with Crippen LogP contribution in [0.4, 0.5) is 0 Å². The first-order valence-corrected chi connectivity index (χ1v) is 31.3. The Morgan fingerprint density at radius 2 is 1.24 bits per heavy atom. The van der Waals surface area contributed by atoms with Crippen LogP contribution in [0.15, 0.2) is 103 Å². The number of aromatic amines is 3. The van der Waals surface area contributed by atoms with Gasteiger partial charge in [-0.25, -0.2) is 4.98 Å². The number of likely N-dealkylation sites (tertiary alicyclic amines) is 1. The Bertz CT molecular complexity index is 3800. The first kappa shape index (κ1) is 68.5. The number of nitrogens with zero attached hydrogens (tertiary/aromatic N) is 3. The van der Waals surface area contributed by atoms with Crippen molar-refractivity contribution in [3.05, 3.63) is 120 Å². The van der Waals surface area contributed by atoms with Gasteiger partial charge < -0.3 is 95.1 Å². The van der Waals surface area contributed by atoms with Gasteiger partial charge in [0.2, 0.25) is 65.0 Å². The molecule has 31 heteroatoms. The predicted octanol–water partition coefficient (Wildman–Crippen LogP) is -2.29. The number of H-pyrrole nitrogens is 3. The number of aliphatic hydroxyl groups excluding tert-OH is 1. The molecule has 95 heavy (non-hydrogen) atoms. The van der Waals surface area contributed by atoms with Crippen LogP contribution in [0.1, 0.15) is 81.2 Å². The Hall–Kier alpha value is -10.8. The van der Waals surface area contributed by atoms with Crippen molar-refractivity contribution in [2.24, 2.45) is 28.1 Å². The van der Waals surface area contributed by atoms with Crippen molar-refractivity contribution in [3.8, 4) is 5.75 Å². The van der Waals surface area contributed by atoms with Crippen LogP contribution in [-0.2, 0) is 78.4 Å². The van der Waals surface area contributed by atoms with Gasteiger partial charge in [0.25, 0.3) is 0 Å². The van der Waals surface area contributed by atoms with Crippen LogP contribution in [0.2, 0.25) is 1.41 Å². The highest BCUT2D eigenvalue weighted by Gasteiger charge is 2.40. The number of primary amides is 1. The summed E-state index contributed by atoms with van der Waals surface area (Å²) in [6.07, 6.45) is 6.03. The van der Waals surface area contributed by atoms with Crippen LogP contribution < -0.4 is 65.0 Å². The molecule has 506 valence electrons. The van der Waals surface area contributed by atoms with Crippen molar-refractivity contribution in [2.75, 3.05) is 26.2 Å². The number of fused-ring (bicyclic) bond motifs is 2. The monoisotopic (exact) mass is 1310 g/mol. The van der Waals surface area contributed by atoms with Crippen molar-refractivity contribution >= 4 is 92.7 Å². The number of aliphatic imine (C=N–C) groups is 1. The molecule has 0 unspecified atom stereocenters. The number of rotatable bonds is 33. The zero-order valence-electron chi connectivity index (χ0n) is 53.5. The molecule has 0 aliphatic carbocycles. The largest absolute Gasteiger partial charge is 0.508 e. The van der Waals surface area contributed by atoms with Crippen LogP contribution in [0, 0.1) is 5.92 Å². The van der Waals surface area contributed by atoms with E-state index < -0.39 is 133 Å². The number of para-hydroxylation sites is 2. The third kappa shape index (κ3) is 19.6. The maximum absolute atomic E-state index is 15.2. The lowest BCUT2D eigenvalue weighted by Gasteiger charge is -2.30. The Morgan fingerprint density at radius 3 is 1.80 bits per heavy atom. The lowest BCUT2D eigenvalue weighted by Crippen LogP contribution is -2.61. The molecule has 3 aromatic carbocycles. The molecule has 9 atom stereocenters. The van der Waals surface area contributed by atoms with Crippen LogP contribution in [0.25, 0.3) is 21.8 Å². The normalized spacial score (nSPS) is 16.8. The van der Waals surface area contributed by atoms with Gasteiger partial charge in [0, 0.05) is 91.3 Å². The van der Waals surface area contributed by atoms with Gasteiger partial charge in [0.15, 0.2) is 7.37 Å². The van der Waals surface area contributed by atoms with Crippen molar-refractivity contribution < 1.29 is 64.4 Å². The maximum Gasteiger partial charge on any atom is 0.245 e. The zero-order valence-corrected chi connectivity index (χ0v) is 52.5. The molecule has 2 saturated heterocycles. The van der Waals surface area contributed by atoms with Gasteiger partial charge in [-0.1, -0.05) is 62.4 Å². The molecule has 8 rings (SSSR count). The minimum atomic E-state index is -1.97. The van der Waals surface area contributed by atoms with Gasteiger partial charge in [0.1, 0.15) is 60.1 Å². The second-order valence-corrected chi connectivity index (χ2v) is 23.9. The average Bonchev–Trinajstić information content (AvgIpc) is 1.61. The van der Waals surface area contributed by atoms with Crippen LogP contribution in [0.3, 0.4) is 0 Å². The number of nitrogens with one attached hydrogen (secondary N) is 12. The molecule has 2 aliphatic heterocycles. The second kappa shape index (κ2) is 33.1. The number of guanidine groups is 1. The van der Waals surface area contributed by atoms with Crippen molar-refractivity contribution in [1.29, 1.82) is 0 Å². The molecule has 0 saturated carbocycles. The lowest BCUT2D eigenvalue weighted by molar-refractivity contribution is -0.142. The van der Waals surface area contributed by atoms with Crippen molar-refractivity contribution in [3.63, 3.8) is 0 Å². The summed E-state index contributed by atoms with van der Waals surface area (Å²) in [6, 6.07) is 6.69. The Morgan fingerprint density at radius 1 is 0.674 bits per heavy atom. The molecule has 5 heterocycles. The van der Waals surface area contributed by atoms with E-state index in [-0.39, 0.29) is 99.7 Å². The summed E-state index contributed by atoms with van der Waals surface area (Å²) in [5, 5.41) is 43.9. The number of amides is 11. The van der Waals surface area contributed by atoms with Crippen molar-refractivity contribution in [2.45, 2.75) is 139 Å². The minimum absolute atomic E-state index is 0.00913. The summed E-state index contributed by atoms with van der Waals surface area (Å²) in [5.41, 5.74) is 19.5. The highest BCUT2D eigenvalue weighted by molar-refractivity contribution is 6.00. The number of aromatic nitrogens is 4. The van der Waals surface area contributed by atoms with E-state index in [9.17, 15) is 54.8 Å². The Balaban J connectivity index is 1.07. The standard InChI is InChI=1S/C64H82N18O13/c1-34(2)23-46(56(88)75-45(13-7-21-69-64(66)67)63(95)82-22-8-14-52(82)62(94)72-31-53(65)85)76-58(90)48(25-36-28-70-42-11-5-3-9-40(36)42)78-57(89)47(24-35-15-17-39(84)18-16-35)77-61(93)51(32-83)81-59(91)49(26-37-29-71-43-12-6-4-10-41(37)43)79-60(92)50(27-38-30-68-33-73-38)80-55(87)44-19-20-54(86)74-44/h3-6,9-12,15-18,28-30,33-34,44-52,70-71,83-84H,7-8,13-14,19-27,31-32H2,1-2H3,(H2,65,85)(H,68,73)(H,72,94)(H,74,86)(H,75,88)(H,76,90)(H,77,93)(H,78,89)(H,79,92)(H,80,87)(H,81,91)(H4,66,67,69)/t44-,45-,46-,47-,48-,49-,50-,51-,52-/m0/s1/i/hD. The third-order valence-corrected chi connectivity index (χ3v) is 16.3. The van der Waals surface area contributed by atoms with E-state index in [2.05, 4.69) is 67.5 Å². The molecule has 20 N–H and O–H groups in total. The number of nitrogens with two attached hydrogens (primary N) is 3. The first-order chi connectivity index (χ1) is 46.0. The van der Waals surface area contributed by atoms with E-state index in [4.69, 9.17) is 17.2 Å². The topological polar surface area (TPSA) is 490 Å². The summed E-state index contributed by atoms with van der Waals surface area (Å²) in [4.78, 5) is 172. The molecule has 3 aromatic heterocycles. The highest BCUT2D eigenvalue weighted by atomic mass is 16.3. The van der Waals surface area contributed by atoms with E-state index in [1.807, 2.05) is 0 Å². The van der Waals surface area contributed by atoms with E-state index in [0.29, 0.717) is 50.6 Å². The van der Waals surface area contributed by atoms with Gasteiger partial charge in [-0.05, 0) is 85.4 Å². The van der Waals surface area contributed by atoms with Crippen molar-refractivity contribution in [1.82, 2.24) is 72.7 Å². The van der Waals surface area contributed by atoms with Crippen LogP contribution in [-0.4, -0.2) is 187 Å². The van der Waals surface area contributed by atoms with E-state index >= 15 is 9.59 Å². The Kier molecular flexibility index (Phi) is 23.9. The quantitative estimate of drug-likeness (QED) is 0.0117. The van der Waals surface area contributed by atoms with Crippen LogP contribution >= 0.6 is 0 Å². The SMILES string of the molecule is [2H]N(C(=O)[C@H](CO)NC(=O)[C@H](Cc1c[nH]c2ccccc12)NC(=O)[C@H](Cc1cnc[nH]1)NC(=O)[C@@H]1CCC(=O)N1)[C@@H](Cc1ccc(O)cc1)C(=O)N[C@@H](Cc1c[nH]c2ccccc12)C(=O)N[C@@H](CC(C)C)C(=O)N[C@@H](CCCN=C(N)N)C(=O)N1CCC[C@H]1C(=O)NCC(N)=O. The van der Waals surface area contributed by atoms with Gasteiger partial charge in [-0.2, -0.15) is 0 Å². The number of hydrogen-bond acceptors (Lipinski definition) is 15. The molecule has 0 bridgehead atoms. The number of aromatic hydroxyl groups is 1. The fraction of sp³-hybridized carbons (Fsp3) is 0.422. The summed E-state index contributed by atoms with van der Waals surface area (Å²) in [6.45, 7) is 2.15. The lowest BCUT2D eigenvalue weighted by atomic mass is 9.99. The number of phenolic OH excluding ortho intramolecular Hbond substituents is 1. The van der Waals surface area contributed by atoms with E-state index in [1.54, 1.807) is 74.8 Å². The summed E-state index contributed by atoms with van der Waals surface area (Å²) in [7, 11) is 0. The molecule has 11 amide bonds. The summed E-state index contributed by atoms with van der Waals surface area (Å²) < 4.78 is 9.43. The second-order valence-electron chi connectivity index (χ2n) is 23.9. The number of carbonyl (C=O) groups is 11. The molecule has 0 radical (unpaired) electrons. The molecule has 6 aromatic rings. The molecule has 31 nitrogen and oxygen atoms in total. The number of hydrogen-bond donors (Lipinski definition) is 17. The number of imidazole rings is 1. The highest BCUT2D eigenvalue weighted by Crippen LogP contribution is 2.24. The fourth-order valence-electron chi connectivity index (χ4n) is 11.5. The molecule has 2 aliphatic rings. The smallest absolute Gasteiger partial charge is 0.245 e. The molecule has 2 fully saturated rings. The van der Waals surface area contributed by atoms with E-state index in [0.717, 1.165) is 0 Å². The van der Waals surface area contributed by atoms with Gasteiger partial charge in [-0.15, -0.1) is 0 Å². The first-order valence-electron chi connectivity index (χ1n) is 31.7. The van der Waals surface area contributed by atoms with Gasteiger partial charge in [0.05, 0.1) is 19.5 Å². The minimum Gasteiger partial charge on any atom is -0.508 e.